The summed E-state index contributed by atoms with van der Waals surface area (Å²) < 4.78 is 67.0. The third kappa shape index (κ3) is 7.13. The molecule has 188 valence electrons. The van der Waals surface area contributed by atoms with Crippen molar-refractivity contribution >= 4 is 43.4 Å². The molecule has 35 heavy (non-hydrogen) atoms. The van der Waals surface area contributed by atoms with Gasteiger partial charge in [0.25, 0.3) is 0 Å². The molecule has 0 saturated heterocycles. The average molecular weight is 574 g/mol. The summed E-state index contributed by atoms with van der Waals surface area (Å²) >= 11 is 3.33. The van der Waals surface area contributed by atoms with Gasteiger partial charge in [0.1, 0.15) is 5.82 Å². The summed E-state index contributed by atoms with van der Waals surface area (Å²) in [5.41, 5.74) is 0.465. The maximum atomic E-state index is 12.9. The van der Waals surface area contributed by atoms with Crippen LogP contribution in [0.4, 0.5) is 30.6 Å². The van der Waals surface area contributed by atoms with Gasteiger partial charge in [-0.3, -0.25) is 0 Å². The molecule has 1 heterocycles. The fourth-order valence-corrected chi connectivity index (χ4v) is 4.56. The van der Waals surface area contributed by atoms with Crippen LogP contribution in [0, 0.1) is 6.92 Å². The smallest absolute Gasteiger partial charge is 0.394 e. The summed E-state index contributed by atoms with van der Waals surface area (Å²) in [5.74, 6) is 0.646. The van der Waals surface area contributed by atoms with Gasteiger partial charge in [0.05, 0.1) is 21.5 Å². The van der Waals surface area contributed by atoms with Gasteiger partial charge < -0.3 is 15.7 Å². The molecule has 0 saturated carbocycles. The first-order valence-electron chi connectivity index (χ1n) is 10.3. The Bertz CT molecular complexity index is 1290. The molecule has 0 aliphatic heterocycles. The van der Waals surface area contributed by atoms with Crippen molar-refractivity contribution in [2.45, 2.75) is 37.5 Å². The Morgan fingerprint density at radius 2 is 1.83 bits per heavy atom. The summed E-state index contributed by atoms with van der Waals surface area (Å²) in [7, 11) is -3.98. The average Bonchev–Trinajstić information content (AvgIpc) is 2.80. The topological polar surface area (TPSA) is 116 Å². The number of alkyl halides is 3. The summed E-state index contributed by atoms with van der Waals surface area (Å²) in [5, 5.41) is 15.2. The second-order valence-corrected chi connectivity index (χ2v) is 10.3. The number of rotatable bonds is 9. The van der Waals surface area contributed by atoms with Gasteiger partial charge in [0.2, 0.25) is 16.0 Å². The van der Waals surface area contributed by atoms with Gasteiger partial charge >= 0.3 is 6.18 Å². The lowest BCUT2D eigenvalue weighted by molar-refractivity contribution is -0.137. The quantitative estimate of drug-likeness (QED) is 0.296. The zero-order valence-electron chi connectivity index (χ0n) is 18.7. The van der Waals surface area contributed by atoms with E-state index in [9.17, 15) is 26.7 Å². The second kappa shape index (κ2) is 10.9. The third-order valence-corrected chi connectivity index (χ3v) is 7.01. The number of aliphatic hydroxyl groups is 1. The monoisotopic (exact) mass is 573 g/mol. The summed E-state index contributed by atoms with van der Waals surface area (Å²) in [6.45, 7) is 3.13. The van der Waals surface area contributed by atoms with Crippen LogP contribution in [0.5, 0.6) is 0 Å². The Morgan fingerprint density at radius 3 is 2.46 bits per heavy atom. The minimum absolute atomic E-state index is 0.00113. The molecule has 13 heteroatoms. The minimum Gasteiger partial charge on any atom is -0.394 e. The van der Waals surface area contributed by atoms with Crippen LogP contribution in [-0.4, -0.2) is 36.1 Å². The lowest BCUT2D eigenvalue weighted by Gasteiger charge is -2.15. The number of benzene rings is 2. The largest absolute Gasteiger partial charge is 0.416 e. The summed E-state index contributed by atoms with van der Waals surface area (Å²) in [4.78, 5) is 8.50. The Kier molecular flexibility index (Phi) is 8.36. The molecule has 0 aliphatic rings. The van der Waals surface area contributed by atoms with Crippen LogP contribution in [-0.2, 0) is 22.7 Å². The van der Waals surface area contributed by atoms with Crippen molar-refractivity contribution in [3.8, 4) is 0 Å². The number of anilines is 3. The van der Waals surface area contributed by atoms with Crippen molar-refractivity contribution in [2.75, 3.05) is 17.2 Å². The molecule has 8 nitrogen and oxygen atoms in total. The molecule has 0 aliphatic carbocycles. The van der Waals surface area contributed by atoms with E-state index in [1.165, 1.54) is 24.4 Å². The third-order valence-electron chi connectivity index (χ3n) is 4.88. The van der Waals surface area contributed by atoms with Crippen molar-refractivity contribution in [3.05, 3.63) is 69.8 Å². The maximum Gasteiger partial charge on any atom is 0.416 e. The molecule has 4 N–H and O–H groups in total. The molecule has 1 aromatic heterocycles. The molecule has 3 rings (SSSR count). The molecular weight excluding hydrogens is 551 g/mol. The molecule has 1 atom stereocenters. The number of nitrogens with one attached hydrogen (secondary N) is 3. The van der Waals surface area contributed by atoms with Crippen molar-refractivity contribution in [1.82, 2.24) is 14.7 Å². The van der Waals surface area contributed by atoms with E-state index >= 15 is 0 Å². The van der Waals surface area contributed by atoms with Gasteiger partial charge in [-0.2, -0.15) is 18.2 Å². The van der Waals surface area contributed by atoms with Crippen LogP contribution in [0.2, 0.25) is 0 Å². The molecular formula is C22H23BrF3N5O3S. The molecule has 3 aromatic rings. The fourth-order valence-electron chi connectivity index (χ4n) is 2.97. The van der Waals surface area contributed by atoms with Gasteiger partial charge in [-0.15, -0.1) is 0 Å². The van der Waals surface area contributed by atoms with E-state index in [2.05, 4.69) is 41.3 Å². The summed E-state index contributed by atoms with van der Waals surface area (Å²) in [6, 6.07) is 8.71. The molecule has 0 amide bonds. The van der Waals surface area contributed by atoms with Crippen molar-refractivity contribution in [3.63, 3.8) is 0 Å². The lowest BCUT2D eigenvalue weighted by atomic mass is 10.1. The highest BCUT2D eigenvalue weighted by Gasteiger charge is 2.30. The van der Waals surface area contributed by atoms with Crippen LogP contribution in [0.25, 0.3) is 0 Å². The predicted octanol–water partition coefficient (Wildman–Crippen LogP) is 4.58. The van der Waals surface area contributed by atoms with Crippen LogP contribution >= 0.6 is 15.9 Å². The maximum absolute atomic E-state index is 12.9. The zero-order chi connectivity index (χ0) is 25.8. The highest BCUT2D eigenvalue weighted by atomic mass is 79.9. The number of hydrogen-bond acceptors (Lipinski definition) is 7. The van der Waals surface area contributed by atoms with E-state index in [-0.39, 0.29) is 30.0 Å². The molecule has 0 fully saturated rings. The first kappa shape index (κ1) is 26.9. The number of aromatic nitrogens is 2. The van der Waals surface area contributed by atoms with Gasteiger partial charge in [0, 0.05) is 24.5 Å². The lowest BCUT2D eigenvalue weighted by Crippen LogP contribution is -2.24. The van der Waals surface area contributed by atoms with E-state index in [0.29, 0.717) is 27.1 Å². The van der Waals surface area contributed by atoms with Crippen molar-refractivity contribution in [1.29, 1.82) is 0 Å². The molecule has 2 aromatic carbocycles. The van der Waals surface area contributed by atoms with Crippen molar-refractivity contribution < 1.29 is 26.7 Å². The van der Waals surface area contributed by atoms with E-state index in [4.69, 9.17) is 0 Å². The van der Waals surface area contributed by atoms with E-state index in [1.807, 2.05) is 0 Å². The van der Waals surface area contributed by atoms with Gasteiger partial charge in [-0.25, -0.2) is 18.1 Å². The predicted molar refractivity (Wildman–Crippen MR) is 130 cm³/mol. The van der Waals surface area contributed by atoms with Crippen LogP contribution < -0.4 is 15.4 Å². The van der Waals surface area contributed by atoms with E-state index < -0.39 is 21.8 Å². The second-order valence-electron chi connectivity index (χ2n) is 7.74. The Labute approximate surface area is 209 Å². The number of sulfonamides is 1. The van der Waals surface area contributed by atoms with E-state index in [0.717, 1.165) is 12.1 Å². The van der Waals surface area contributed by atoms with Crippen LogP contribution in [0.1, 0.15) is 23.6 Å². The summed E-state index contributed by atoms with van der Waals surface area (Å²) in [6.07, 6.45) is -2.95. The normalized spacial score (nSPS) is 12.9. The Morgan fingerprint density at radius 1 is 1.14 bits per heavy atom. The van der Waals surface area contributed by atoms with E-state index in [1.54, 1.807) is 26.0 Å². The number of aryl methyl sites for hydroxylation is 1. The number of aliphatic hydroxyl groups excluding tert-OH is 1. The van der Waals surface area contributed by atoms with Crippen LogP contribution in [0.15, 0.2) is 58.0 Å². The molecule has 0 unspecified atom stereocenters. The Hall–Kier alpha value is -2.74. The first-order chi connectivity index (χ1) is 16.4. The SMILES string of the molecule is Cc1ccc(Nc2ncc(Br)c(N[C@H](C)CO)n2)cc1S(=O)(=O)NCc1ccc(C(F)(F)F)cc1. The fraction of sp³-hybridized carbons (Fsp3) is 0.273. The van der Waals surface area contributed by atoms with Gasteiger partial charge in [-0.1, -0.05) is 18.2 Å². The number of hydrogen-bond donors (Lipinski definition) is 4. The molecule has 0 radical (unpaired) electrons. The highest BCUT2D eigenvalue weighted by molar-refractivity contribution is 9.10. The molecule has 0 spiro atoms. The molecule has 0 bridgehead atoms. The minimum atomic E-state index is -4.46. The Balaban J connectivity index is 1.76. The standard InChI is InChI=1S/C22H23BrF3N5O3S/c1-13-3-8-17(30-21-27-11-18(23)20(31-21)29-14(2)12-32)9-19(13)35(33,34)28-10-15-4-6-16(7-5-15)22(24,25)26/h3-9,11,14,28,32H,10,12H2,1-2H3,(H2,27,29,30,31)/t14-/m1/s1. The van der Waals surface area contributed by atoms with Crippen molar-refractivity contribution in [2.24, 2.45) is 0 Å². The first-order valence-corrected chi connectivity index (χ1v) is 12.6. The van der Waals surface area contributed by atoms with Crippen LogP contribution in [0.3, 0.4) is 0 Å². The van der Waals surface area contributed by atoms with Gasteiger partial charge in [0.15, 0.2) is 0 Å². The zero-order valence-corrected chi connectivity index (χ0v) is 21.1. The highest BCUT2D eigenvalue weighted by Crippen LogP contribution is 2.29. The number of halogens is 4. The van der Waals surface area contributed by atoms with Gasteiger partial charge in [-0.05, 0) is 65.2 Å². The number of nitrogens with zero attached hydrogens (tertiary/aromatic N) is 2.